The van der Waals surface area contributed by atoms with Crippen molar-refractivity contribution >= 4 is 11.0 Å². The van der Waals surface area contributed by atoms with Crippen LogP contribution >= 0.6 is 0 Å². The van der Waals surface area contributed by atoms with Gasteiger partial charge in [0, 0.05) is 12.1 Å². The standard InChI is InChI=1S/C19H16F3N5O2/c1-28-16-7-4-12(10-24-16)26-14-5-3-11(19(20,21)22)9-13(14)25-18(26)15-6-8-17(29-2)27(15)23/h3-10H,23H2,1-2H3. The van der Waals surface area contributed by atoms with Crippen LogP contribution < -0.4 is 15.3 Å². The molecule has 0 bridgehead atoms. The number of imidazole rings is 1. The van der Waals surface area contributed by atoms with Gasteiger partial charge in [-0.25, -0.2) is 14.6 Å². The van der Waals surface area contributed by atoms with Crippen molar-refractivity contribution in [1.82, 2.24) is 19.2 Å². The first-order chi connectivity index (χ1) is 13.8. The average Bonchev–Trinajstić information content (AvgIpc) is 3.26. The van der Waals surface area contributed by atoms with Gasteiger partial charge in [0.2, 0.25) is 11.8 Å². The molecule has 0 aliphatic heterocycles. The van der Waals surface area contributed by atoms with E-state index in [4.69, 9.17) is 15.3 Å². The summed E-state index contributed by atoms with van der Waals surface area (Å²) in [4.78, 5) is 8.61. The van der Waals surface area contributed by atoms with Crippen LogP contribution in [-0.2, 0) is 6.18 Å². The van der Waals surface area contributed by atoms with Crippen molar-refractivity contribution in [3.05, 3.63) is 54.2 Å². The maximum atomic E-state index is 13.2. The molecule has 0 saturated heterocycles. The van der Waals surface area contributed by atoms with E-state index in [1.807, 2.05) is 0 Å². The number of nitrogen functional groups attached to an aromatic ring is 1. The van der Waals surface area contributed by atoms with Crippen LogP contribution in [0.4, 0.5) is 13.2 Å². The molecule has 0 aliphatic rings. The van der Waals surface area contributed by atoms with E-state index in [-0.39, 0.29) is 5.52 Å². The third kappa shape index (κ3) is 3.12. The highest BCUT2D eigenvalue weighted by atomic mass is 19.4. The third-order valence-corrected chi connectivity index (χ3v) is 4.49. The lowest BCUT2D eigenvalue weighted by atomic mass is 10.2. The number of alkyl halides is 3. The molecular weight excluding hydrogens is 387 g/mol. The van der Waals surface area contributed by atoms with Gasteiger partial charge in [-0.05, 0) is 30.3 Å². The van der Waals surface area contributed by atoms with Crippen LogP contribution in [0.2, 0.25) is 0 Å². The molecule has 0 unspecified atom stereocenters. The summed E-state index contributed by atoms with van der Waals surface area (Å²) in [6, 6.07) is 10.1. The van der Waals surface area contributed by atoms with E-state index in [1.54, 1.807) is 35.0 Å². The van der Waals surface area contributed by atoms with Gasteiger partial charge in [-0.2, -0.15) is 13.2 Å². The van der Waals surface area contributed by atoms with Gasteiger partial charge < -0.3 is 15.3 Å². The van der Waals surface area contributed by atoms with Gasteiger partial charge in [0.15, 0.2) is 5.82 Å². The van der Waals surface area contributed by atoms with Gasteiger partial charge in [0.25, 0.3) is 0 Å². The fourth-order valence-electron chi connectivity index (χ4n) is 3.09. The van der Waals surface area contributed by atoms with E-state index in [2.05, 4.69) is 9.97 Å². The van der Waals surface area contributed by atoms with Crippen LogP contribution in [0, 0.1) is 0 Å². The van der Waals surface area contributed by atoms with Gasteiger partial charge in [-0.3, -0.25) is 4.57 Å². The third-order valence-electron chi connectivity index (χ3n) is 4.49. The smallest absolute Gasteiger partial charge is 0.416 e. The number of benzene rings is 1. The van der Waals surface area contributed by atoms with E-state index in [9.17, 15) is 13.2 Å². The molecule has 0 radical (unpaired) electrons. The Balaban J connectivity index is 2.00. The van der Waals surface area contributed by atoms with E-state index >= 15 is 0 Å². The zero-order chi connectivity index (χ0) is 20.8. The van der Waals surface area contributed by atoms with Crippen molar-refractivity contribution in [3.63, 3.8) is 0 Å². The second kappa shape index (κ2) is 6.73. The van der Waals surface area contributed by atoms with E-state index in [1.165, 1.54) is 25.0 Å². The number of hydrogen-bond donors (Lipinski definition) is 1. The van der Waals surface area contributed by atoms with Crippen LogP contribution in [0.15, 0.2) is 48.7 Å². The Labute approximate surface area is 163 Å². The SMILES string of the molecule is COc1ccc(-n2c(-c3ccc(OC)n3N)nc3cc(C(F)(F)F)ccc32)cn1. The molecule has 0 fully saturated rings. The normalized spacial score (nSPS) is 11.8. The summed E-state index contributed by atoms with van der Waals surface area (Å²) in [5.41, 5.74) is 0.909. The lowest BCUT2D eigenvalue weighted by Crippen LogP contribution is -2.13. The number of nitrogens with two attached hydrogens (primary N) is 1. The Bertz CT molecular complexity index is 1180. The Morgan fingerprint density at radius 2 is 1.79 bits per heavy atom. The molecule has 10 heteroatoms. The maximum Gasteiger partial charge on any atom is 0.416 e. The molecule has 3 aromatic heterocycles. The number of nitrogens with zero attached hydrogens (tertiary/aromatic N) is 4. The molecule has 0 aliphatic carbocycles. The number of ether oxygens (including phenoxy) is 2. The molecule has 0 saturated carbocycles. The zero-order valence-electron chi connectivity index (χ0n) is 15.4. The summed E-state index contributed by atoms with van der Waals surface area (Å²) in [6.07, 6.45) is -2.93. The summed E-state index contributed by atoms with van der Waals surface area (Å²) in [5.74, 6) is 7.21. The fourth-order valence-corrected chi connectivity index (χ4v) is 3.09. The minimum Gasteiger partial charge on any atom is -0.481 e. The van der Waals surface area contributed by atoms with Crippen LogP contribution in [0.3, 0.4) is 0 Å². The van der Waals surface area contributed by atoms with Gasteiger partial charge >= 0.3 is 6.18 Å². The number of pyridine rings is 1. The molecule has 3 heterocycles. The Hall–Kier alpha value is -3.69. The molecule has 4 rings (SSSR count). The van der Waals surface area contributed by atoms with E-state index in [0.717, 1.165) is 12.1 Å². The number of fused-ring (bicyclic) bond motifs is 1. The largest absolute Gasteiger partial charge is 0.481 e. The zero-order valence-corrected chi connectivity index (χ0v) is 15.4. The predicted octanol–water partition coefficient (Wildman–Crippen LogP) is 3.64. The summed E-state index contributed by atoms with van der Waals surface area (Å²) >= 11 is 0. The van der Waals surface area contributed by atoms with Gasteiger partial charge in [0.05, 0.1) is 42.7 Å². The van der Waals surface area contributed by atoms with Crippen molar-refractivity contribution in [2.75, 3.05) is 20.1 Å². The van der Waals surface area contributed by atoms with Gasteiger partial charge in [-0.15, -0.1) is 0 Å². The van der Waals surface area contributed by atoms with E-state index in [0.29, 0.717) is 34.5 Å². The Morgan fingerprint density at radius 1 is 1.00 bits per heavy atom. The summed E-state index contributed by atoms with van der Waals surface area (Å²) in [5, 5.41) is 0. The summed E-state index contributed by atoms with van der Waals surface area (Å²) in [7, 11) is 2.96. The minimum atomic E-state index is -4.48. The molecule has 29 heavy (non-hydrogen) atoms. The Kier molecular flexibility index (Phi) is 4.33. The molecule has 0 atom stereocenters. The minimum absolute atomic E-state index is 0.172. The second-order valence-electron chi connectivity index (χ2n) is 6.16. The van der Waals surface area contributed by atoms with Crippen LogP contribution in [0.1, 0.15) is 5.56 Å². The van der Waals surface area contributed by atoms with Crippen molar-refractivity contribution in [2.45, 2.75) is 6.18 Å². The molecule has 2 N–H and O–H groups in total. The quantitative estimate of drug-likeness (QED) is 0.527. The number of halogens is 3. The topological polar surface area (TPSA) is 80.1 Å². The van der Waals surface area contributed by atoms with Crippen LogP contribution in [-0.4, -0.2) is 33.4 Å². The average molecular weight is 403 g/mol. The number of hydrogen-bond acceptors (Lipinski definition) is 5. The lowest BCUT2D eigenvalue weighted by molar-refractivity contribution is -0.137. The number of methoxy groups -OCH3 is 2. The van der Waals surface area contributed by atoms with Crippen molar-refractivity contribution in [3.8, 4) is 29.0 Å². The van der Waals surface area contributed by atoms with Crippen molar-refractivity contribution in [2.24, 2.45) is 0 Å². The van der Waals surface area contributed by atoms with Gasteiger partial charge in [-0.1, -0.05) is 0 Å². The van der Waals surface area contributed by atoms with E-state index < -0.39 is 11.7 Å². The summed E-state index contributed by atoms with van der Waals surface area (Å²) < 4.78 is 52.7. The molecule has 0 amide bonds. The highest BCUT2D eigenvalue weighted by Gasteiger charge is 2.31. The fraction of sp³-hybridized carbons (Fsp3) is 0.158. The first-order valence-electron chi connectivity index (χ1n) is 8.45. The first-order valence-corrected chi connectivity index (χ1v) is 8.45. The van der Waals surface area contributed by atoms with Crippen LogP contribution in [0.5, 0.6) is 11.8 Å². The summed E-state index contributed by atoms with van der Waals surface area (Å²) in [6.45, 7) is 0. The molecule has 0 spiro atoms. The molecule has 1 aromatic carbocycles. The van der Waals surface area contributed by atoms with Crippen molar-refractivity contribution < 1.29 is 22.6 Å². The van der Waals surface area contributed by atoms with Crippen LogP contribution in [0.25, 0.3) is 28.2 Å². The number of rotatable bonds is 4. The molecule has 150 valence electrons. The van der Waals surface area contributed by atoms with Crippen molar-refractivity contribution in [1.29, 1.82) is 0 Å². The second-order valence-corrected chi connectivity index (χ2v) is 6.16. The highest BCUT2D eigenvalue weighted by molar-refractivity contribution is 5.83. The molecule has 4 aromatic rings. The Morgan fingerprint density at radius 3 is 2.38 bits per heavy atom. The maximum absolute atomic E-state index is 13.2. The number of aromatic nitrogens is 4. The van der Waals surface area contributed by atoms with Gasteiger partial charge in [0.1, 0.15) is 5.69 Å². The lowest BCUT2D eigenvalue weighted by Gasteiger charge is -2.11. The molecule has 7 nitrogen and oxygen atoms in total. The highest BCUT2D eigenvalue weighted by Crippen LogP contribution is 2.35. The predicted molar refractivity (Wildman–Crippen MR) is 101 cm³/mol. The monoisotopic (exact) mass is 403 g/mol. The first kappa shape index (κ1) is 18.7. The molecular formula is C19H16F3N5O2.